The smallest absolute Gasteiger partial charge is 0.307 e. The number of hydrogen-bond acceptors (Lipinski definition) is 3. The highest BCUT2D eigenvalue weighted by molar-refractivity contribution is 5.70. The minimum atomic E-state index is -0.698. The summed E-state index contributed by atoms with van der Waals surface area (Å²) in [6, 6.07) is 8.24. The number of carboxylic acids is 1. The molecule has 1 saturated heterocycles. The number of carboxylic acid groups (broad SMARTS) is 1. The van der Waals surface area contributed by atoms with Crippen LogP contribution >= 0.6 is 0 Å². The molecule has 4 nitrogen and oxygen atoms in total. The van der Waals surface area contributed by atoms with Crippen LogP contribution < -0.4 is 0 Å². The van der Waals surface area contributed by atoms with Crippen LogP contribution in [-0.2, 0) is 4.79 Å². The Bertz CT molecular complexity index is 500. The standard InChI is InChI=1S/C19H29NO3/c1-3-14(2)15-6-8-16(9-7-15)18(21)10-12-20-11-4-5-17(13-20)19(22)23/h6-9,14,17-18,21H,3-5,10-13H2,1-2H3,(H,22,23). The zero-order valence-corrected chi connectivity index (χ0v) is 14.2. The highest BCUT2D eigenvalue weighted by Gasteiger charge is 2.25. The quantitative estimate of drug-likeness (QED) is 0.808. The normalized spacial score (nSPS) is 21.8. The Hall–Kier alpha value is -1.39. The predicted octanol–water partition coefficient (Wildman–Crippen LogP) is 3.42. The Kier molecular flexibility index (Phi) is 6.60. The predicted molar refractivity (Wildman–Crippen MR) is 91.5 cm³/mol. The van der Waals surface area contributed by atoms with Crippen molar-refractivity contribution in [3.05, 3.63) is 35.4 Å². The van der Waals surface area contributed by atoms with E-state index in [2.05, 4.69) is 30.9 Å². The Balaban J connectivity index is 1.84. The van der Waals surface area contributed by atoms with E-state index in [0.29, 0.717) is 18.9 Å². The molecule has 2 rings (SSSR count). The molecule has 0 aromatic heterocycles. The second-order valence-electron chi connectivity index (χ2n) is 6.76. The maximum atomic E-state index is 11.1. The monoisotopic (exact) mass is 319 g/mol. The van der Waals surface area contributed by atoms with E-state index in [9.17, 15) is 9.90 Å². The minimum Gasteiger partial charge on any atom is -0.481 e. The lowest BCUT2D eigenvalue weighted by molar-refractivity contribution is -0.143. The number of carbonyl (C=O) groups is 1. The van der Waals surface area contributed by atoms with E-state index in [1.807, 2.05) is 12.1 Å². The number of nitrogens with zero attached hydrogens (tertiary/aromatic N) is 1. The SMILES string of the molecule is CCC(C)c1ccc(C(O)CCN2CCCC(C(=O)O)C2)cc1. The van der Waals surface area contributed by atoms with Gasteiger partial charge in [0.2, 0.25) is 0 Å². The van der Waals surface area contributed by atoms with E-state index in [1.54, 1.807) is 0 Å². The zero-order valence-electron chi connectivity index (χ0n) is 14.2. The summed E-state index contributed by atoms with van der Waals surface area (Å²) >= 11 is 0. The molecule has 128 valence electrons. The first-order valence-electron chi connectivity index (χ1n) is 8.74. The Labute approximate surface area is 139 Å². The third-order valence-corrected chi connectivity index (χ3v) is 5.08. The summed E-state index contributed by atoms with van der Waals surface area (Å²) in [5.41, 5.74) is 2.26. The number of benzene rings is 1. The summed E-state index contributed by atoms with van der Waals surface area (Å²) in [4.78, 5) is 13.3. The van der Waals surface area contributed by atoms with Crippen LogP contribution in [0.4, 0.5) is 0 Å². The molecule has 1 aliphatic rings. The first-order valence-corrected chi connectivity index (χ1v) is 8.74. The molecule has 1 aromatic carbocycles. The van der Waals surface area contributed by atoms with Gasteiger partial charge in [-0.15, -0.1) is 0 Å². The van der Waals surface area contributed by atoms with Crippen LogP contribution in [0.3, 0.4) is 0 Å². The maximum Gasteiger partial charge on any atom is 0.307 e. The van der Waals surface area contributed by atoms with Gasteiger partial charge in [0.15, 0.2) is 0 Å². The van der Waals surface area contributed by atoms with Crippen LogP contribution in [0.15, 0.2) is 24.3 Å². The molecule has 0 radical (unpaired) electrons. The van der Waals surface area contributed by atoms with Gasteiger partial charge in [-0.1, -0.05) is 38.1 Å². The van der Waals surface area contributed by atoms with Crippen molar-refractivity contribution >= 4 is 5.97 Å². The van der Waals surface area contributed by atoms with Gasteiger partial charge in [-0.3, -0.25) is 4.79 Å². The molecular weight excluding hydrogens is 290 g/mol. The van der Waals surface area contributed by atoms with Crippen LogP contribution in [0.25, 0.3) is 0 Å². The number of aliphatic hydroxyl groups is 1. The molecule has 0 spiro atoms. The van der Waals surface area contributed by atoms with Gasteiger partial charge in [-0.05, 0) is 49.3 Å². The van der Waals surface area contributed by atoms with Crippen molar-refractivity contribution in [1.29, 1.82) is 0 Å². The number of likely N-dealkylation sites (tertiary alicyclic amines) is 1. The second kappa shape index (κ2) is 8.46. The number of aliphatic hydroxyl groups excluding tert-OH is 1. The highest BCUT2D eigenvalue weighted by Crippen LogP contribution is 2.24. The number of rotatable bonds is 7. The molecule has 3 atom stereocenters. The summed E-state index contributed by atoms with van der Waals surface area (Å²) in [5.74, 6) is -0.408. The fraction of sp³-hybridized carbons (Fsp3) is 0.632. The van der Waals surface area contributed by atoms with Crippen LogP contribution in [0, 0.1) is 5.92 Å². The zero-order chi connectivity index (χ0) is 16.8. The van der Waals surface area contributed by atoms with Crippen molar-refractivity contribution in [1.82, 2.24) is 4.90 Å². The van der Waals surface area contributed by atoms with Gasteiger partial charge in [0.1, 0.15) is 0 Å². The summed E-state index contributed by atoms with van der Waals surface area (Å²) in [6.07, 6.45) is 2.98. The van der Waals surface area contributed by atoms with Crippen molar-refractivity contribution in [2.45, 2.75) is 51.6 Å². The summed E-state index contributed by atoms with van der Waals surface area (Å²) in [6.45, 7) is 6.67. The molecule has 1 fully saturated rings. The van der Waals surface area contributed by atoms with Crippen LogP contribution in [-0.4, -0.2) is 40.7 Å². The van der Waals surface area contributed by atoms with Crippen LogP contribution in [0.2, 0.25) is 0 Å². The van der Waals surface area contributed by atoms with Crippen molar-refractivity contribution in [2.24, 2.45) is 5.92 Å². The largest absolute Gasteiger partial charge is 0.481 e. The molecule has 4 heteroatoms. The molecule has 0 amide bonds. The molecule has 2 N–H and O–H groups in total. The Morgan fingerprint density at radius 1 is 1.30 bits per heavy atom. The highest BCUT2D eigenvalue weighted by atomic mass is 16.4. The molecule has 1 aliphatic heterocycles. The average molecular weight is 319 g/mol. The van der Waals surface area contributed by atoms with Crippen molar-refractivity contribution < 1.29 is 15.0 Å². The molecule has 0 aliphatic carbocycles. The summed E-state index contributed by atoms with van der Waals surface area (Å²) < 4.78 is 0. The van der Waals surface area contributed by atoms with Gasteiger partial charge in [0, 0.05) is 13.1 Å². The lowest BCUT2D eigenvalue weighted by Crippen LogP contribution is -2.39. The van der Waals surface area contributed by atoms with E-state index in [0.717, 1.165) is 37.9 Å². The lowest BCUT2D eigenvalue weighted by atomic mass is 9.95. The van der Waals surface area contributed by atoms with Gasteiger partial charge in [-0.2, -0.15) is 0 Å². The van der Waals surface area contributed by atoms with Crippen molar-refractivity contribution in [3.63, 3.8) is 0 Å². The Morgan fingerprint density at radius 3 is 2.57 bits per heavy atom. The van der Waals surface area contributed by atoms with Crippen LogP contribution in [0.1, 0.15) is 62.7 Å². The van der Waals surface area contributed by atoms with E-state index in [1.165, 1.54) is 5.56 Å². The summed E-state index contributed by atoms with van der Waals surface area (Å²) in [5, 5.41) is 19.5. The topological polar surface area (TPSA) is 60.8 Å². The number of aliphatic carboxylic acids is 1. The molecule has 0 saturated carbocycles. The van der Waals surface area contributed by atoms with Gasteiger partial charge in [-0.25, -0.2) is 0 Å². The molecule has 0 bridgehead atoms. The van der Waals surface area contributed by atoms with E-state index < -0.39 is 12.1 Å². The first kappa shape index (κ1) is 18.0. The molecule has 1 heterocycles. The fourth-order valence-electron chi connectivity index (χ4n) is 3.21. The van der Waals surface area contributed by atoms with Crippen LogP contribution in [0.5, 0.6) is 0 Å². The van der Waals surface area contributed by atoms with Gasteiger partial charge in [0.05, 0.1) is 12.0 Å². The second-order valence-corrected chi connectivity index (χ2v) is 6.76. The van der Waals surface area contributed by atoms with E-state index >= 15 is 0 Å². The Morgan fingerprint density at radius 2 is 1.96 bits per heavy atom. The minimum absolute atomic E-state index is 0.254. The fourth-order valence-corrected chi connectivity index (χ4v) is 3.21. The van der Waals surface area contributed by atoms with Gasteiger partial charge < -0.3 is 15.1 Å². The van der Waals surface area contributed by atoms with Crippen molar-refractivity contribution in [3.8, 4) is 0 Å². The van der Waals surface area contributed by atoms with E-state index in [4.69, 9.17) is 5.11 Å². The number of hydrogen-bond donors (Lipinski definition) is 2. The molecular formula is C19H29NO3. The van der Waals surface area contributed by atoms with Crippen molar-refractivity contribution in [2.75, 3.05) is 19.6 Å². The van der Waals surface area contributed by atoms with E-state index in [-0.39, 0.29) is 5.92 Å². The molecule has 3 unspecified atom stereocenters. The third-order valence-electron chi connectivity index (χ3n) is 5.08. The molecule has 1 aromatic rings. The molecule has 23 heavy (non-hydrogen) atoms. The maximum absolute atomic E-state index is 11.1. The van der Waals surface area contributed by atoms with Gasteiger partial charge >= 0.3 is 5.97 Å². The lowest BCUT2D eigenvalue weighted by Gasteiger charge is -2.31. The third kappa shape index (κ3) is 5.05. The van der Waals surface area contributed by atoms with Gasteiger partial charge in [0.25, 0.3) is 0 Å². The summed E-state index contributed by atoms with van der Waals surface area (Å²) in [7, 11) is 0. The first-order chi connectivity index (χ1) is 11.0. The average Bonchev–Trinajstić information content (AvgIpc) is 2.59. The number of piperidine rings is 1.